The number of nitrogens with zero attached hydrogens (tertiary/aromatic N) is 2. The minimum atomic E-state index is 0.429. The number of hydrogen-bond acceptors (Lipinski definition) is 3. The summed E-state index contributed by atoms with van der Waals surface area (Å²) in [7, 11) is 0. The average Bonchev–Trinajstić information content (AvgIpc) is 2.83. The summed E-state index contributed by atoms with van der Waals surface area (Å²) in [4.78, 5) is 4.06. The van der Waals surface area contributed by atoms with Crippen molar-refractivity contribution in [1.82, 2.24) is 4.98 Å². The van der Waals surface area contributed by atoms with Crippen LogP contribution in [0.2, 0.25) is 0 Å². The molecule has 16 heavy (non-hydrogen) atoms. The van der Waals surface area contributed by atoms with E-state index in [1.54, 1.807) is 18.5 Å². The molecule has 1 saturated carbocycles. The SMILES string of the molecule is CC(Nc1cnccc1C#N)C1CCCC1. The van der Waals surface area contributed by atoms with Crippen LogP contribution >= 0.6 is 0 Å². The highest BCUT2D eigenvalue weighted by molar-refractivity contribution is 5.55. The van der Waals surface area contributed by atoms with E-state index in [2.05, 4.69) is 23.3 Å². The van der Waals surface area contributed by atoms with Crippen LogP contribution in [0.3, 0.4) is 0 Å². The first kappa shape index (κ1) is 10.9. The predicted molar refractivity (Wildman–Crippen MR) is 64.0 cm³/mol. The van der Waals surface area contributed by atoms with Gasteiger partial charge in [-0.3, -0.25) is 4.98 Å². The van der Waals surface area contributed by atoms with Crippen LogP contribution in [0.4, 0.5) is 5.69 Å². The molecular weight excluding hydrogens is 198 g/mol. The summed E-state index contributed by atoms with van der Waals surface area (Å²) in [5, 5.41) is 12.4. The van der Waals surface area contributed by atoms with Crippen LogP contribution in [0, 0.1) is 17.2 Å². The van der Waals surface area contributed by atoms with Crippen LogP contribution in [0.25, 0.3) is 0 Å². The average molecular weight is 215 g/mol. The first-order chi connectivity index (χ1) is 7.81. The van der Waals surface area contributed by atoms with Gasteiger partial charge < -0.3 is 5.32 Å². The lowest BCUT2D eigenvalue weighted by Crippen LogP contribution is -2.24. The van der Waals surface area contributed by atoms with Gasteiger partial charge in [-0.05, 0) is 31.7 Å². The van der Waals surface area contributed by atoms with Gasteiger partial charge in [-0.1, -0.05) is 12.8 Å². The number of rotatable bonds is 3. The molecule has 2 rings (SSSR count). The van der Waals surface area contributed by atoms with Gasteiger partial charge in [-0.25, -0.2) is 0 Å². The molecule has 1 aromatic heterocycles. The molecule has 1 N–H and O–H groups in total. The quantitative estimate of drug-likeness (QED) is 0.843. The molecule has 1 fully saturated rings. The summed E-state index contributed by atoms with van der Waals surface area (Å²) in [6, 6.07) is 4.37. The molecule has 1 unspecified atom stereocenters. The molecule has 3 heteroatoms. The van der Waals surface area contributed by atoms with Crippen molar-refractivity contribution in [3.05, 3.63) is 24.0 Å². The Bertz CT molecular complexity index is 388. The summed E-state index contributed by atoms with van der Waals surface area (Å²) < 4.78 is 0. The lowest BCUT2D eigenvalue weighted by atomic mass is 9.99. The Kier molecular flexibility index (Phi) is 3.40. The molecule has 84 valence electrons. The van der Waals surface area contributed by atoms with Gasteiger partial charge in [0.15, 0.2) is 0 Å². The Morgan fingerprint density at radius 1 is 1.50 bits per heavy atom. The van der Waals surface area contributed by atoms with E-state index in [1.165, 1.54) is 25.7 Å². The van der Waals surface area contributed by atoms with Gasteiger partial charge in [0.25, 0.3) is 0 Å². The summed E-state index contributed by atoms with van der Waals surface area (Å²) >= 11 is 0. The molecule has 0 radical (unpaired) electrons. The van der Waals surface area contributed by atoms with Crippen LogP contribution < -0.4 is 5.32 Å². The van der Waals surface area contributed by atoms with Crippen LogP contribution in [0.15, 0.2) is 18.5 Å². The Balaban J connectivity index is 2.05. The fourth-order valence-electron chi connectivity index (χ4n) is 2.43. The second kappa shape index (κ2) is 4.98. The van der Waals surface area contributed by atoms with Crippen molar-refractivity contribution in [3.8, 4) is 6.07 Å². The Labute approximate surface area is 96.5 Å². The second-order valence-corrected chi connectivity index (χ2v) is 4.51. The van der Waals surface area contributed by atoms with Gasteiger partial charge in [0.1, 0.15) is 6.07 Å². The zero-order valence-corrected chi connectivity index (χ0v) is 9.61. The number of aromatic nitrogens is 1. The number of pyridine rings is 1. The fraction of sp³-hybridized carbons (Fsp3) is 0.538. The Morgan fingerprint density at radius 3 is 2.94 bits per heavy atom. The highest BCUT2D eigenvalue weighted by atomic mass is 14.9. The molecule has 0 spiro atoms. The van der Waals surface area contributed by atoms with Crippen LogP contribution in [0.1, 0.15) is 38.2 Å². The third-order valence-corrected chi connectivity index (χ3v) is 3.43. The van der Waals surface area contributed by atoms with E-state index in [0.29, 0.717) is 11.6 Å². The van der Waals surface area contributed by atoms with Crippen molar-refractivity contribution in [3.63, 3.8) is 0 Å². The zero-order valence-electron chi connectivity index (χ0n) is 9.61. The highest BCUT2D eigenvalue weighted by Gasteiger charge is 2.21. The fourth-order valence-corrected chi connectivity index (χ4v) is 2.43. The summed E-state index contributed by atoms with van der Waals surface area (Å²) in [5.74, 6) is 0.742. The van der Waals surface area contributed by atoms with Crippen LogP contribution in [-0.2, 0) is 0 Å². The standard InChI is InChI=1S/C13H17N3/c1-10(11-4-2-3-5-11)16-13-9-15-7-6-12(13)8-14/h6-7,9-11,16H,2-5H2,1H3. The molecule has 3 nitrogen and oxygen atoms in total. The van der Waals surface area contributed by atoms with Gasteiger partial charge in [0.2, 0.25) is 0 Å². The van der Waals surface area contributed by atoms with Crippen molar-refractivity contribution in [2.45, 2.75) is 38.6 Å². The van der Waals surface area contributed by atoms with E-state index in [-0.39, 0.29) is 0 Å². The molecule has 1 aliphatic rings. The van der Waals surface area contributed by atoms with Gasteiger partial charge in [0.05, 0.1) is 17.4 Å². The van der Waals surface area contributed by atoms with Crippen molar-refractivity contribution in [2.75, 3.05) is 5.32 Å². The first-order valence-electron chi connectivity index (χ1n) is 5.92. The molecule has 0 aliphatic heterocycles. The largest absolute Gasteiger partial charge is 0.380 e. The van der Waals surface area contributed by atoms with Crippen molar-refractivity contribution >= 4 is 5.69 Å². The molecule has 0 saturated heterocycles. The topological polar surface area (TPSA) is 48.7 Å². The Morgan fingerprint density at radius 2 is 2.25 bits per heavy atom. The molecule has 1 aromatic rings. The molecular formula is C13H17N3. The van der Waals surface area contributed by atoms with Gasteiger partial charge in [-0.2, -0.15) is 5.26 Å². The lowest BCUT2D eigenvalue weighted by Gasteiger charge is -2.21. The number of anilines is 1. The van der Waals surface area contributed by atoms with Crippen molar-refractivity contribution in [1.29, 1.82) is 5.26 Å². The van der Waals surface area contributed by atoms with Crippen LogP contribution in [0.5, 0.6) is 0 Å². The smallest absolute Gasteiger partial charge is 0.101 e. The molecule has 0 aromatic carbocycles. The maximum atomic E-state index is 8.98. The molecule has 1 atom stereocenters. The van der Waals surface area contributed by atoms with Gasteiger partial charge >= 0.3 is 0 Å². The second-order valence-electron chi connectivity index (χ2n) is 4.51. The van der Waals surface area contributed by atoms with Crippen LogP contribution in [-0.4, -0.2) is 11.0 Å². The summed E-state index contributed by atoms with van der Waals surface area (Å²) in [6.07, 6.45) is 8.68. The maximum absolute atomic E-state index is 8.98. The van der Waals surface area contributed by atoms with E-state index in [9.17, 15) is 0 Å². The molecule has 0 amide bonds. The monoisotopic (exact) mass is 215 g/mol. The molecule has 1 heterocycles. The van der Waals surface area contributed by atoms with E-state index >= 15 is 0 Å². The van der Waals surface area contributed by atoms with Crippen molar-refractivity contribution in [2.24, 2.45) is 5.92 Å². The minimum Gasteiger partial charge on any atom is -0.380 e. The molecule has 0 bridgehead atoms. The predicted octanol–water partition coefficient (Wildman–Crippen LogP) is 2.94. The summed E-state index contributed by atoms with van der Waals surface area (Å²) in [5.41, 5.74) is 1.55. The number of nitriles is 1. The highest BCUT2D eigenvalue weighted by Crippen LogP contribution is 2.29. The maximum Gasteiger partial charge on any atom is 0.101 e. The Hall–Kier alpha value is -1.56. The normalized spacial score (nSPS) is 18.0. The minimum absolute atomic E-state index is 0.429. The van der Waals surface area contributed by atoms with E-state index in [0.717, 1.165) is 11.6 Å². The van der Waals surface area contributed by atoms with Gasteiger partial charge in [0, 0.05) is 12.2 Å². The molecule has 1 aliphatic carbocycles. The summed E-state index contributed by atoms with van der Waals surface area (Å²) in [6.45, 7) is 2.20. The van der Waals surface area contributed by atoms with E-state index in [4.69, 9.17) is 5.26 Å². The third kappa shape index (κ3) is 2.33. The number of nitrogens with one attached hydrogen (secondary N) is 1. The van der Waals surface area contributed by atoms with E-state index in [1.807, 2.05) is 0 Å². The number of hydrogen-bond donors (Lipinski definition) is 1. The zero-order chi connectivity index (χ0) is 11.4. The van der Waals surface area contributed by atoms with Crippen molar-refractivity contribution < 1.29 is 0 Å². The third-order valence-electron chi connectivity index (χ3n) is 3.43. The van der Waals surface area contributed by atoms with Gasteiger partial charge in [-0.15, -0.1) is 0 Å². The van der Waals surface area contributed by atoms with E-state index < -0.39 is 0 Å². The first-order valence-corrected chi connectivity index (χ1v) is 5.92. The lowest BCUT2D eigenvalue weighted by molar-refractivity contribution is 0.482.